The molecule has 45 heavy (non-hydrogen) atoms. The topological polar surface area (TPSA) is 95.0 Å². The second-order valence-electron chi connectivity index (χ2n) is 11.7. The maximum atomic E-state index is 14.2. The highest BCUT2D eigenvalue weighted by Gasteiger charge is 2.23. The molecule has 3 aromatic carbocycles. The van der Waals surface area contributed by atoms with Gasteiger partial charge in [-0.25, -0.2) is 24.4 Å². The molecule has 1 atom stereocenters. The summed E-state index contributed by atoms with van der Waals surface area (Å²) in [6.07, 6.45) is 4.97. The molecular weight excluding hydrogens is 564 g/mol. The second-order valence-corrected chi connectivity index (χ2v) is 11.7. The summed E-state index contributed by atoms with van der Waals surface area (Å²) in [7, 11) is 0. The number of aromatic nitrogens is 4. The fourth-order valence-corrected chi connectivity index (χ4v) is 5.70. The molecule has 0 aliphatic carbocycles. The van der Waals surface area contributed by atoms with E-state index in [1.54, 1.807) is 4.57 Å². The Morgan fingerprint density at radius 3 is 2.42 bits per heavy atom. The van der Waals surface area contributed by atoms with Gasteiger partial charge in [-0.3, -0.25) is 4.79 Å². The van der Waals surface area contributed by atoms with E-state index in [1.807, 2.05) is 34.8 Å². The summed E-state index contributed by atoms with van der Waals surface area (Å²) in [6.45, 7) is 9.15. The average Bonchev–Trinajstić information content (AvgIpc) is 3.74. The first kappa shape index (κ1) is 30.4. The molecule has 9 nitrogen and oxygen atoms in total. The van der Waals surface area contributed by atoms with E-state index in [9.17, 15) is 4.79 Å². The quantitative estimate of drug-likeness (QED) is 0.161. The molecule has 232 valence electrons. The standard InChI is InChI=1S/C36H40N6O3/c1-5-7-21-44-36-39-33(40-45-36)30-12-9-8-11-29(30)27-15-13-25(14-16-27)22-31-32(10-6-2)42-35(37-23-38-42)41(34(31)43)28-19-17-26(18-20-28)24(3)4/h8-9,11-20,23-24,36H,5-7,10,21-22H2,1-4H3,(H,39,40). The van der Waals surface area contributed by atoms with E-state index < -0.39 is 6.41 Å². The molecule has 0 bridgehead atoms. The molecule has 6 rings (SSSR count). The van der Waals surface area contributed by atoms with Crippen molar-refractivity contribution >= 4 is 11.6 Å². The highest BCUT2D eigenvalue weighted by atomic mass is 16.8. The van der Waals surface area contributed by atoms with Gasteiger partial charge in [0.15, 0.2) is 5.84 Å². The number of amidine groups is 1. The lowest BCUT2D eigenvalue weighted by Gasteiger charge is -2.16. The fourth-order valence-electron chi connectivity index (χ4n) is 5.70. The van der Waals surface area contributed by atoms with Gasteiger partial charge in [0, 0.05) is 17.5 Å². The number of hydrogen-bond acceptors (Lipinski definition) is 7. The number of nitrogens with zero attached hydrogens (tertiary/aromatic N) is 5. The van der Waals surface area contributed by atoms with Gasteiger partial charge in [-0.1, -0.05) is 101 Å². The maximum absolute atomic E-state index is 14.2. The zero-order valence-electron chi connectivity index (χ0n) is 26.4. The average molecular weight is 605 g/mol. The highest BCUT2D eigenvalue weighted by Crippen LogP contribution is 2.27. The summed E-state index contributed by atoms with van der Waals surface area (Å²) < 4.78 is 9.23. The molecule has 0 spiro atoms. The molecule has 1 aliphatic heterocycles. The molecule has 0 fully saturated rings. The van der Waals surface area contributed by atoms with Crippen molar-refractivity contribution in [2.24, 2.45) is 4.99 Å². The van der Waals surface area contributed by atoms with Crippen LogP contribution in [0.2, 0.25) is 0 Å². The van der Waals surface area contributed by atoms with Crippen LogP contribution in [0.4, 0.5) is 0 Å². The zero-order valence-corrected chi connectivity index (χ0v) is 26.4. The van der Waals surface area contributed by atoms with E-state index in [0.29, 0.717) is 30.6 Å². The lowest BCUT2D eigenvalue weighted by atomic mass is 9.96. The normalized spacial score (nSPS) is 14.7. The molecule has 1 aliphatic rings. The smallest absolute Gasteiger partial charge is 0.282 e. The molecule has 0 saturated carbocycles. The third kappa shape index (κ3) is 6.32. The van der Waals surface area contributed by atoms with Crippen molar-refractivity contribution in [2.75, 3.05) is 6.61 Å². The molecule has 0 radical (unpaired) electrons. The van der Waals surface area contributed by atoms with Gasteiger partial charge >= 0.3 is 0 Å². The van der Waals surface area contributed by atoms with Crippen molar-refractivity contribution < 1.29 is 9.57 Å². The molecular formula is C36H40N6O3. The number of fused-ring (bicyclic) bond motifs is 1. The van der Waals surface area contributed by atoms with Crippen molar-refractivity contribution in [3.05, 3.63) is 117 Å². The Labute approximate surface area is 263 Å². The Morgan fingerprint density at radius 1 is 0.956 bits per heavy atom. The molecule has 1 unspecified atom stereocenters. The number of hydroxylamine groups is 1. The first-order valence-corrected chi connectivity index (χ1v) is 15.8. The summed E-state index contributed by atoms with van der Waals surface area (Å²) >= 11 is 0. The number of hydrogen-bond donors (Lipinski definition) is 1. The van der Waals surface area contributed by atoms with Crippen molar-refractivity contribution in [1.29, 1.82) is 0 Å². The van der Waals surface area contributed by atoms with E-state index in [4.69, 9.17) is 9.57 Å². The number of nitrogens with one attached hydrogen (secondary N) is 1. The summed E-state index contributed by atoms with van der Waals surface area (Å²) in [6, 6.07) is 24.6. The lowest BCUT2D eigenvalue weighted by molar-refractivity contribution is -0.144. The van der Waals surface area contributed by atoms with Gasteiger partial charge < -0.3 is 4.74 Å². The second kappa shape index (κ2) is 13.6. The number of aryl methyl sites for hydroxylation is 1. The minimum Gasteiger partial charge on any atom is -0.332 e. The first-order valence-electron chi connectivity index (χ1n) is 15.8. The summed E-state index contributed by atoms with van der Waals surface area (Å²) in [5, 5.41) is 4.55. The Hall–Kier alpha value is -4.60. The van der Waals surface area contributed by atoms with Crippen molar-refractivity contribution in [2.45, 2.75) is 72.1 Å². The van der Waals surface area contributed by atoms with Gasteiger partial charge in [0.2, 0.25) is 5.78 Å². The van der Waals surface area contributed by atoms with Gasteiger partial charge in [-0.2, -0.15) is 10.1 Å². The molecule has 2 aromatic heterocycles. The third-order valence-corrected chi connectivity index (χ3v) is 8.18. The molecule has 5 aromatic rings. The molecule has 0 saturated heterocycles. The van der Waals surface area contributed by atoms with Gasteiger partial charge in [0.25, 0.3) is 12.0 Å². The van der Waals surface area contributed by atoms with Crippen LogP contribution in [-0.2, 0) is 22.4 Å². The Kier molecular flexibility index (Phi) is 9.18. The third-order valence-electron chi connectivity index (χ3n) is 8.18. The zero-order chi connectivity index (χ0) is 31.3. The van der Waals surface area contributed by atoms with Gasteiger partial charge in [0.05, 0.1) is 18.0 Å². The number of aliphatic imine (C=N–C) groups is 1. The van der Waals surface area contributed by atoms with Crippen LogP contribution in [0.5, 0.6) is 0 Å². The van der Waals surface area contributed by atoms with Crippen LogP contribution < -0.4 is 11.0 Å². The molecule has 9 heteroatoms. The Bertz CT molecular complexity index is 1860. The minimum atomic E-state index is -0.654. The molecule has 3 heterocycles. The Morgan fingerprint density at radius 2 is 1.71 bits per heavy atom. The Balaban J connectivity index is 1.33. The van der Waals surface area contributed by atoms with E-state index in [1.165, 1.54) is 11.9 Å². The first-order chi connectivity index (χ1) is 22.0. The van der Waals surface area contributed by atoms with Gasteiger partial charge in [0.1, 0.15) is 6.33 Å². The summed E-state index contributed by atoms with van der Waals surface area (Å²) in [5.41, 5.74) is 10.5. The number of benzene rings is 3. The monoisotopic (exact) mass is 604 g/mol. The van der Waals surface area contributed by atoms with Crippen LogP contribution in [0.15, 0.2) is 88.9 Å². The molecule has 0 amide bonds. The lowest BCUT2D eigenvalue weighted by Crippen LogP contribution is -2.28. The van der Waals surface area contributed by atoms with Crippen molar-refractivity contribution in [1.82, 2.24) is 24.6 Å². The number of rotatable bonds is 12. The van der Waals surface area contributed by atoms with E-state index >= 15 is 0 Å². The van der Waals surface area contributed by atoms with Crippen LogP contribution in [0, 0.1) is 0 Å². The predicted molar refractivity (Wildman–Crippen MR) is 177 cm³/mol. The maximum Gasteiger partial charge on any atom is 0.282 e. The summed E-state index contributed by atoms with van der Waals surface area (Å²) in [4.78, 5) is 28.9. The van der Waals surface area contributed by atoms with E-state index in [-0.39, 0.29) is 5.56 Å². The predicted octanol–water partition coefficient (Wildman–Crippen LogP) is 6.60. The SMILES string of the molecule is CCCCOC1N=C(c2ccccc2-c2ccc(Cc3c(CCC)n4ncnc4n(-c4ccc(C(C)C)cc4)c3=O)cc2)NO1. The number of unbranched alkanes of at least 4 members (excludes halogenated alkanes) is 1. The van der Waals surface area contributed by atoms with Crippen molar-refractivity contribution in [3.8, 4) is 16.8 Å². The number of ether oxygens (including phenoxy) is 1. The van der Waals surface area contributed by atoms with Crippen LogP contribution in [0.25, 0.3) is 22.6 Å². The van der Waals surface area contributed by atoms with Crippen molar-refractivity contribution in [3.63, 3.8) is 0 Å². The fraction of sp³-hybridized carbons (Fsp3) is 0.333. The van der Waals surface area contributed by atoms with Crippen LogP contribution in [-0.4, -0.2) is 38.0 Å². The van der Waals surface area contributed by atoms with E-state index in [2.05, 4.69) is 90.7 Å². The largest absolute Gasteiger partial charge is 0.332 e. The highest BCUT2D eigenvalue weighted by molar-refractivity contribution is 6.04. The van der Waals surface area contributed by atoms with Crippen LogP contribution in [0.3, 0.4) is 0 Å². The minimum absolute atomic E-state index is 0.0632. The summed E-state index contributed by atoms with van der Waals surface area (Å²) in [5.74, 6) is 1.57. The van der Waals surface area contributed by atoms with Gasteiger partial charge in [-0.15, -0.1) is 0 Å². The van der Waals surface area contributed by atoms with Crippen LogP contribution >= 0.6 is 0 Å². The van der Waals surface area contributed by atoms with Gasteiger partial charge in [-0.05, 0) is 53.1 Å². The van der Waals surface area contributed by atoms with E-state index in [0.717, 1.165) is 64.9 Å². The van der Waals surface area contributed by atoms with Crippen LogP contribution in [0.1, 0.15) is 80.8 Å². The molecule has 1 N–H and O–H groups in total.